The van der Waals surface area contributed by atoms with Gasteiger partial charge < -0.3 is 10.8 Å². The molecule has 3 nitrogen and oxygen atoms in total. The van der Waals surface area contributed by atoms with E-state index in [1.807, 2.05) is 0 Å². The van der Waals surface area contributed by atoms with Gasteiger partial charge in [0.05, 0.1) is 6.61 Å². The zero-order chi connectivity index (χ0) is 12.0. The van der Waals surface area contributed by atoms with Gasteiger partial charge >= 0.3 is 0 Å². The van der Waals surface area contributed by atoms with Crippen molar-refractivity contribution in [1.29, 1.82) is 0 Å². The van der Waals surface area contributed by atoms with E-state index in [2.05, 4.69) is 18.7 Å². The maximum absolute atomic E-state index is 9.15. The van der Waals surface area contributed by atoms with E-state index in [0.717, 1.165) is 32.5 Å². The van der Waals surface area contributed by atoms with Crippen LogP contribution >= 0.6 is 0 Å². The highest BCUT2D eigenvalue weighted by atomic mass is 16.3. The van der Waals surface area contributed by atoms with Crippen molar-refractivity contribution < 1.29 is 5.11 Å². The topological polar surface area (TPSA) is 49.5 Å². The summed E-state index contributed by atoms with van der Waals surface area (Å²) in [6.07, 6.45) is 6.21. The maximum Gasteiger partial charge on any atom is 0.0558 e. The first-order valence-electron chi connectivity index (χ1n) is 6.76. The fourth-order valence-corrected chi connectivity index (χ4v) is 2.53. The van der Waals surface area contributed by atoms with Crippen molar-refractivity contribution in [3.05, 3.63) is 0 Å². The van der Waals surface area contributed by atoms with Crippen LogP contribution in [0.2, 0.25) is 0 Å². The zero-order valence-electron chi connectivity index (χ0n) is 10.9. The largest absolute Gasteiger partial charge is 0.395 e. The van der Waals surface area contributed by atoms with E-state index in [1.165, 1.54) is 19.3 Å². The second-order valence-corrected chi connectivity index (χ2v) is 5.19. The minimum Gasteiger partial charge on any atom is -0.395 e. The predicted octanol–water partition coefficient (Wildman–Crippen LogP) is 1.60. The first kappa shape index (κ1) is 13.9. The summed E-state index contributed by atoms with van der Waals surface area (Å²) in [6, 6.07) is 0.705. The highest BCUT2D eigenvalue weighted by Gasteiger charge is 2.32. The van der Waals surface area contributed by atoms with E-state index < -0.39 is 0 Å². The van der Waals surface area contributed by atoms with Crippen LogP contribution in [0.4, 0.5) is 0 Å². The lowest BCUT2D eigenvalue weighted by Gasteiger charge is -2.43. The third kappa shape index (κ3) is 3.19. The molecule has 16 heavy (non-hydrogen) atoms. The summed E-state index contributed by atoms with van der Waals surface area (Å²) in [7, 11) is 0. The molecule has 1 saturated carbocycles. The van der Waals surface area contributed by atoms with Gasteiger partial charge in [0, 0.05) is 19.1 Å². The van der Waals surface area contributed by atoms with Crippen molar-refractivity contribution in [2.24, 2.45) is 11.1 Å². The van der Waals surface area contributed by atoms with Crippen molar-refractivity contribution in [3.8, 4) is 0 Å². The number of nitrogens with zero attached hydrogens (tertiary/aromatic N) is 1. The van der Waals surface area contributed by atoms with Gasteiger partial charge in [0.1, 0.15) is 0 Å². The van der Waals surface area contributed by atoms with Gasteiger partial charge in [-0.25, -0.2) is 0 Å². The third-order valence-electron chi connectivity index (χ3n) is 4.45. The van der Waals surface area contributed by atoms with Gasteiger partial charge in [-0.15, -0.1) is 0 Å². The first-order valence-corrected chi connectivity index (χ1v) is 6.76. The molecule has 1 rings (SSSR count). The van der Waals surface area contributed by atoms with Crippen molar-refractivity contribution in [2.75, 3.05) is 26.2 Å². The van der Waals surface area contributed by atoms with Crippen LogP contribution in [0.1, 0.15) is 46.0 Å². The number of aliphatic hydroxyl groups excluding tert-OH is 1. The maximum atomic E-state index is 9.15. The Morgan fingerprint density at radius 1 is 1.31 bits per heavy atom. The lowest BCUT2D eigenvalue weighted by atomic mass is 9.80. The minimum atomic E-state index is 0.255. The van der Waals surface area contributed by atoms with Crippen molar-refractivity contribution in [1.82, 2.24) is 4.90 Å². The average molecular weight is 228 g/mol. The summed E-state index contributed by atoms with van der Waals surface area (Å²) in [5.41, 5.74) is 6.20. The van der Waals surface area contributed by atoms with E-state index in [0.29, 0.717) is 6.04 Å². The quantitative estimate of drug-likeness (QED) is 0.663. The Hall–Kier alpha value is -0.120. The summed E-state index contributed by atoms with van der Waals surface area (Å²) in [4.78, 5) is 2.46. The molecule has 0 saturated heterocycles. The second kappa shape index (κ2) is 6.58. The first-order chi connectivity index (χ1) is 7.71. The third-order valence-corrected chi connectivity index (χ3v) is 4.45. The van der Waals surface area contributed by atoms with Crippen LogP contribution in [0, 0.1) is 5.41 Å². The Labute approximate surface area is 100 Å². The van der Waals surface area contributed by atoms with Crippen LogP contribution in [-0.2, 0) is 0 Å². The van der Waals surface area contributed by atoms with E-state index in [4.69, 9.17) is 10.8 Å². The lowest BCUT2D eigenvalue weighted by Crippen LogP contribution is -2.49. The average Bonchev–Trinajstić information content (AvgIpc) is 2.24. The summed E-state index contributed by atoms with van der Waals surface area (Å²) < 4.78 is 0. The summed E-state index contributed by atoms with van der Waals surface area (Å²) in [6.45, 7) is 7.36. The number of hydrogen-bond acceptors (Lipinski definition) is 3. The van der Waals surface area contributed by atoms with E-state index in [1.54, 1.807) is 0 Å². The minimum absolute atomic E-state index is 0.255. The molecule has 0 bridgehead atoms. The Balaban J connectivity index is 2.56. The normalized spacial score (nSPS) is 17.8. The van der Waals surface area contributed by atoms with Crippen LogP contribution in [0.25, 0.3) is 0 Å². The summed E-state index contributed by atoms with van der Waals surface area (Å²) in [5, 5.41) is 9.15. The van der Waals surface area contributed by atoms with Gasteiger partial charge in [-0.3, -0.25) is 4.90 Å². The molecule has 1 aliphatic rings. The van der Waals surface area contributed by atoms with Gasteiger partial charge in [0.2, 0.25) is 0 Å². The Kier molecular flexibility index (Phi) is 5.73. The molecule has 3 N–H and O–H groups in total. The molecule has 0 amide bonds. The summed E-state index contributed by atoms with van der Waals surface area (Å²) >= 11 is 0. The van der Waals surface area contributed by atoms with Crippen LogP contribution in [0.5, 0.6) is 0 Å². The van der Waals surface area contributed by atoms with Gasteiger partial charge in [0.25, 0.3) is 0 Å². The molecule has 0 aliphatic heterocycles. The highest BCUT2D eigenvalue weighted by molar-refractivity contribution is 4.87. The molecule has 0 atom stereocenters. The SMILES string of the molecule is CCC(CC)(CN)CN(CCO)C1CCC1. The number of aliphatic hydroxyl groups is 1. The standard InChI is InChI=1S/C13H28N2O/c1-3-13(4-2,10-14)11-15(8-9-16)12-6-5-7-12/h12,16H,3-11,14H2,1-2H3. The second-order valence-electron chi connectivity index (χ2n) is 5.19. The molecule has 0 spiro atoms. The van der Waals surface area contributed by atoms with Crippen LogP contribution in [-0.4, -0.2) is 42.3 Å². The van der Waals surface area contributed by atoms with E-state index in [9.17, 15) is 0 Å². The molecule has 1 fully saturated rings. The van der Waals surface area contributed by atoms with E-state index >= 15 is 0 Å². The van der Waals surface area contributed by atoms with Gasteiger partial charge in [-0.05, 0) is 37.6 Å². The lowest BCUT2D eigenvalue weighted by molar-refractivity contribution is 0.0515. The zero-order valence-corrected chi connectivity index (χ0v) is 10.9. The molecule has 96 valence electrons. The van der Waals surface area contributed by atoms with Gasteiger partial charge in [0.15, 0.2) is 0 Å². The molecule has 1 aliphatic carbocycles. The number of hydrogen-bond donors (Lipinski definition) is 2. The highest BCUT2D eigenvalue weighted by Crippen LogP contribution is 2.31. The molecule has 0 aromatic carbocycles. The van der Waals surface area contributed by atoms with E-state index in [-0.39, 0.29) is 12.0 Å². The molecule has 0 heterocycles. The Morgan fingerprint density at radius 3 is 2.25 bits per heavy atom. The molecule has 0 aromatic heterocycles. The smallest absolute Gasteiger partial charge is 0.0558 e. The van der Waals surface area contributed by atoms with Crippen LogP contribution < -0.4 is 5.73 Å². The van der Waals surface area contributed by atoms with Crippen molar-refractivity contribution in [3.63, 3.8) is 0 Å². The molecule has 0 unspecified atom stereocenters. The number of rotatable bonds is 8. The Morgan fingerprint density at radius 2 is 1.94 bits per heavy atom. The van der Waals surface area contributed by atoms with Crippen LogP contribution in [0.15, 0.2) is 0 Å². The van der Waals surface area contributed by atoms with Crippen LogP contribution in [0.3, 0.4) is 0 Å². The molecule has 0 radical (unpaired) electrons. The molecule has 3 heteroatoms. The fraction of sp³-hybridized carbons (Fsp3) is 1.00. The fourth-order valence-electron chi connectivity index (χ4n) is 2.53. The molecular weight excluding hydrogens is 200 g/mol. The monoisotopic (exact) mass is 228 g/mol. The van der Waals surface area contributed by atoms with Gasteiger partial charge in [-0.2, -0.15) is 0 Å². The Bertz CT molecular complexity index is 180. The number of nitrogens with two attached hydrogens (primary N) is 1. The van der Waals surface area contributed by atoms with Crippen molar-refractivity contribution in [2.45, 2.75) is 52.0 Å². The summed E-state index contributed by atoms with van der Waals surface area (Å²) in [5.74, 6) is 0. The van der Waals surface area contributed by atoms with Crippen molar-refractivity contribution >= 4 is 0 Å². The predicted molar refractivity (Wildman–Crippen MR) is 68.4 cm³/mol. The molecular formula is C13H28N2O. The van der Waals surface area contributed by atoms with Gasteiger partial charge in [-0.1, -0.05) is 20.3 Å². The molecule has 0 aromatic rings.